The topological polar surface area (TPSA) is 71.1 Å². The van der Waals surface area contributed by atoms with Gasteiger partial charge in [-0.2, -0.15) is 11.8 Å². The van der Waals surface area contributed by atoms with Gasteiger partial charge in [-0.1, -0.05) is 142 Å². The van der Waals surface area contributed by atoms with Crippen LogP contribution < -0.4 is 0 Å². The van der Waals surface area contributed by atoms with Crippen molar-refractivity contribution in [1.29, 1.82) is 0 Å². The third-order valence-electron chi connectivity index (χ3n) is 7.06. The Balaban J connectivity index is 4.84. The zero-order valence-corrected chi connectivity index (χ0v) is 29.7. The Morgan fingerprint density at radius 2 is 1.27 bits per heavy atom. The summed E-state index contributed by atoms with van der Waals surface area (Å²) in [7, 11) is -1.20. The van der Waals surface area contributed by atoms with Gasteiger partial charge in [0, 0.05) is 5.25 Å². The maximum absolute atomic E-state index is 13.0. The number of thioether (sulfide) groups is 1. The summed E-state index contributed by atoms with van der Waals surface area (Å²) in [5, 5.41) is 0.226. The lowest BCUT2D eigenvalue weighted by atomic mass is 9.99. The molecule has 0 aliphatic heterocycles. The third kappa shape index (κ3) is 22.0. The summed E-state index contributed by atoms with van der Waals surface area (Å²) in [4.78, 5) is 24.4. The summed E-state index contributed by atoms with van der Waals surface area (Å²) >= 11 is 1.93. The quantitative estimate of drug-likeness (QED) is 0.0205. The zero-order chi connectivity index (χ0) is 30.8. The summed E-state index contributed by atoms with van der Waals surface area (Å²) in [6.45, 7) is 14.7. The van der Waals surface area contributed by atoms with E-state index in [9.17, 15) is 9.36 Å². The van der Waals surface area contributed by atoms with Crippen molar-refractivity contribution in [2.24, 2.45) is 5.41 Å². The number of unbranched alkanes of at least 4 members (excludes halogenated alkanes) is 14. The van der Waals surface area contributed by atoms with Gasteiger partial charge in [-0.15, -0.1) is 4.89 Å². The molecule has 0 heterocycles. The Kier molecular flexibility index (Phi) is 26.1. The van der Waals surface area contributed by atoms with Gasteiger partial charge in [0.1, 0.15) is 6.10 Å². The highest BCUT2D eigenvalue weighted by Gasteiger charge is 2.55. The fourth-order valence-corrected chi connectivity index (χ4v) is 6.16. The lowest BCUT2D eigenvalue weighted by molar-refractivity contribution is -0.403. The second-order valence-corrected chi connectivity index (χ2v) is 14.9. The number of ether oxygens (including phenoxy) is 2. The van der Waals surface area contributed by atoms with Gasteiger partial charge in [-0.05, 0) is 37.4 Å². The molecule has 0 rings (SSSR count). The van der Waals surface area contributed by atoms with Crippen molar-refractivity contribution in [2.75, 3.05) is 19.0 Å². The van der Waals surface area contributed by atoms with Gasteiger partial charge in [0.05, 0.1) is 13.2 Å². The van der Waals surface area contributed by atoms with Crippen LogP contribution in [0.4, 0.5) is 0 Å². The molecular weight excluding hydrogens is 555 g/mol. The number of hydrogen-bond donors (Lipinski definition) is 0. The van der Waals surface area contributed by atoms with Crippen LogP contribution in [-0.2, 0) is 28.6 Å². The smallest absolute Gasteiger partial charge is 0.458 e. The lowest BCUT2D eigenvalue weighted by Crippen LogP contribution is -2.43. The number of hydrogen-bond acceptors (Lipinski definition) is 7. The minimum atomic E-state index is -2.05. The van der Waals surface area contributed by atoms with E-state index < -0.39 is 20.0 Å². The van der Waals surface area contributed by atoms with E-state index in [1.807, 2.05) is 46.4 Å². The van der Waals surface area contributed by atoms with Crippen molar-refractivity contribution in [3.63, 3.8) is 0 Å². The van der Waals surface area contributed by atoms with Gasteiger partial charge >= 0.3 is 20.0 Å². The van der Waals surface area contributed by atoms with Gasteiger partial charge < -0.3 is 4.74 Å². The molecule has 0 radical (unpaired) electrons. The van der Waals surface area contributed by atoms with Crippen LogP contribution in [0.5, 0.6) is 0 Å². The molecule has 0 saturated heterocycles. The summed E-state index contributed by atoms with van der Waals surface area (Å²) in [6, 6.07) is 0. The highest BCUT2D eigenvalue weighted by Crippen LogP contribution is 2.33. The first-order valence-electron chi connectivity index (χ1n) is 16.8. The molecule has 0 aromatic heterocycles. The monoisotopic (exact) mass is 621 g/mol. The van der Waals surface area contributed by atoms with E-state index in [1.54, 1.807) is 0 Å². The fourth-order valence-electron chi connectivity index (χ4n) is 4.44. The van der Waals surface area contributed by atoms with Crippen molar-refractivity contribution in [1.82, 2.24) is 0 Å². The molecule has 0 aromatic rings. The Morgan fingerprint density at radius 3 is 1.76 bits per heavy atom. The Labute approximate surface area is 259 Å². The highest BCUT2D eigenvalue weighted by atomic mass is 32.2. The third-order valence-corrected chi connectivity index (χ3v) is 9.33. The molecule has 4 unspecified atom stereocenters. The molecule has 8 heteroatoms. The molecule has 0 amide bonds. The SMILES string of the molecule is CCCCCCCCCCCCCSC(CCCCCCC)C(C)OOC(OCCC)([PH+]=O)C(=O)OCC(C)(C)C. The number of rotatable bonds is 29. The molecule has 0 N–H and O–H groups in total. The minimum Gasteiger partial charge on any atom is -0.458 e. The van der Waals surface area contributed by atoms with Gasteiger partial charge in [-0.3, -0.25) is 4.74 Å². The van der Waals surface area contributed by atoms with Gasteiger partial charge in [-0.25, -0.2) is 9.68 Å². The van der Waals surface area contributed by atoms with Crippen LogP contribution in [0, 0.1) is 5.41 Å². The average Bonchev–Trinajstić information content (AvgIpc) is 2.95. The van der Waals surface area contributed by atoms with E-state index in [0.29, 0.717) is 6.42 Å². The van der Waals surface area contributed by atoms with E-state index in [1.165, 1.54) is 96.3 Å². The molecule has 0 aromatic carbocycles. The number of carbonyl (C=O) groups is 1. The van der Waals surface area contributed by atoms with Crippen molar-refractivity contribution in [3.8, 4) is 0 Å². The van der Waals surface area contributed by atoms with E-state index in [4.69, 9.17) is 19.2 Å². The van der Waals surface area contributed by atoms with E-state index >= 15 is 0 Å². The highest BCUT2D eigenvalue weighted by molar-refractivity contribution is 7.99. The molecule has 0 fully saturated rings. The second-order valence-electron chi connectivity index (χ2n) is 12.7. The second kappa shape index (κ2) is 26.2. The van der Waals surface area contributed by atoms with Crippen LogP contribution in [-0.4, -0.2) is 41.8 Å². The lowest BCUT2D eigenvalue weighted by Gasteiger charge is -2.26. The zero-order valence-electron chi connectivity index (χ0n) is 27.9. The first-order valence-corrected chi connectivity index (χ1v) is 18.8. The number of carbonyl (C=O) groups excluding carboxylic acids is 1. The molecule has 0 spiro atoms. The van der Waals surface area contributed by atoms with Crippen molar-refractivity contribution < 1.29 is 28.6 Å². The summed E-state index contributed by atoms with van der Waals surface area (Å²) in [5.41, 5.74) is -2.29. The molecule has 244 valence electrons. The molecule has 4 atom stereocenters. The normalized spacial score (nSPS) is 15.1. The molecule has 0 aliphatic carbocycles. The Bertz CT molecular complexity index is 629. The first kappa shape index (κ1) is 40.8. The molecule has 41 heavy (non-hydrogen) atoms. The predicted molar refractivity (Wildman–Crippen MR) is 176 cm³/mol. The largest absolute Gasteiger partial charge is 0.497 e. The van der Waals surface area contributed by atoms with E-state index in [-0.39, 0.29) is 30.0 Å². The van der Waals surface area contributed by atoms with Crippen LogP contribution in [0.1, 0.15) is 164 Å². The predicted octanol–water partition coefficient (Wildman–Crippen LogP) is 10.8. The standard InChI is InChI=1S/C33H65O6PS/c1-8-11-13-15-16-17-18-19-20-22-24-27-41-30(25-23-21-14-12-9-2)29(4)38-39-33(40-35,37-26-10-3)31(34)36-28-32(5,6)7/h29-30H,8-28H2,1-7H3/p+1. The molecular formula is C33H66O6PS+. The molecule has 0 aliphatic rings. The van der Waals surface area contributed by atoms with Crippen LogP contribution in [0.3, 0.4) is 0 Å². The van der Waals surface area contributed by atoms with Crippen LogP contribution in [0.15, 0.2) is 0 Å². The Hall–Kier alpha value is -0.200. The molecule has 6 nitrogen and oxygen atoms in total. The van der Waals surface area contributed by atoms with Crippen molar-refractivity contribution >= 4 is 26.2 Å². The minimum absolute atomic E-state index is 0.168. The van der Waals surface area contributed by atoms with Crippen LogP contribution in [0.2, 0.25) is 0 Å². The summed E-state index contributed by atoms with van der Waals surface area (Å²) in [5.74, 6) is 0.282. The van der Waals surface area contributed by atoms with Gasteiger partial charge in [0.25, 0.3) is 0 Å². The maximum atomic E-state index is 13.0. The summed E-state index contributed by atoms with van der Waals surface area (Å²) in [6.07, 6.45) is 22.2. The number of esters is 1. The average molecular weight is 622 g/mol. The van der Waals surface area contributed by atoms with E-state index in [0.717, 1.165) is 18.6 Å². The summed E-state index contributed by atoms with van der Waals surface area (Å²) < 4.78 is 23.4. The fraction of sp³-hybridized carbons (Fsp3) is 0.970. The maximum Gasteiger partial charge on any atom is 0.497 e. The first-order chi connectivity index (χ1) is 19.7. The van der Waals surface area contributed by atoms with E-state index in [2.05, 4.69) is 13.8 Å². The molecule has 0 bridgehead atoms. The van der Waals surface area contributed by atoms with Crippen molar-refractivity contribution in [2.45, 2.75) is 181 Å². The van der Waals surface area contributed by atoms with Crippen molar-refractivity contribution in [3.05, 3.63) is 0 Å². The molecule has 0 saturated carbocycles. The van der Waals surface area contributed by atoms with Crippen LogP contribution in [0.25, 0.3) is 0 Å². The van der Waals surface area contributed by atoms with Gasteiger partial charge in [0.2, 0.25) is 0 Å². The van der Waals surface area contributed by atoms with Crippen LogP contribution >= 0.6 is 20.2 Å². The van der Waals surface area contributed by atoms with Gasteiger partial charge in [0.15, 0.2) is 0 Å². The Morgan fingerprint density at radius 1 is 0.756 bits per heavy atom.